The highest BCUT2D eigenvalue weighted by molar-refractivity contribution is 6.10. The lowest BCUT2D eigenvalue weighted by molar-refractivity contribution is -0.135. The Morgan fingerprint density at radius 1 is 1.35 bits per heavy atom. The lowest BCUT2D eigenvalue weighted by atomic mass is 10.1. The number of fused-ring (bicyclic) bond motifs is 1. The van der Waals surface area contributed by atoms with E-state index in [-0.39, 0.29) is 24.5 Å². The summed E-state index contributed by atoms with van der Waals surface area (Å²) in [6, 6.07) is 7.35. The van der Waals surface area contributed by atoms with E-state index in [1.807, 2.05) is 25.1 Å². The highest BCUT2D eigenvalue weighted by atomic mass is 16.5. The van der Waals surface area contributed by atoms with Crippen molar-refractivity contribution in [2.24, 2.45) is 0 Å². The molecule has 1 atom stereocenters. The minimum absolute atomic E-state index is 0.0447. The second kappa shape index (κ2) is 6.54. The molecule has 0 saturated carbocycles. The highest BCUT2D eigenvalue weighted by Crippen LogP contribution is 2.31. The molecule has 2 heterocycles. The fourth-order valence-electron chi connectivity index (χ4n) is 3.27. The number of rotatable bonds is 4. The molecule has 2 amide bonds. The molecule has 5 nitrogen and oxygen atoms in total. The topological polar surface area (TPSA) is 49.9 Å². The number of piperidine rings is 1. The Bertz CT molecular complexity index is 604. The molecule has 0 radical (unpaired) electrons. The Hall–Kier alpha value is -2.14. The molecule has 1 saturated heterocycles. The smallest absolute Gasteiger partial charge is 0.259 e. The van der Waals surface area contributed by atoms with Gasteiger partial charge in [-0.25, -0.2) is 0 Å². The first kappa shape index (κ1) is 15.7. The quantitative estimate of drug-likeness (QED) is 0.855. The number of carbonyl (C=O) groups is 2. The van der Waals surface area contributed by atoms with Gasteiger partial charge in [0.1, 0.15) is 6.54 Å². The summed E-state index contributed by atoms with van der Waals surface area (Å²) >= 11 is 0. The van der Waals surface area contributed by atoms with Gasteiger partial charge in [-0.05, 0) is 25.8 Å². The largest absolute Gasteiger partial charge is 0.377 e. The van der Waals surface area contributed by atoms with Crippen molar-refractivity contribution in [3.63, 3.8) is 0 Å². The van der Waals surface area contributed by atoms with E-state index in [0.29, 0.717) is 24.4 Å². The van der Waals surface area contributed by atoms with Crippen molar-refractivity contribution < 1.29 is 14.3 Å². The summed E-state index contributed by atoms with van der Waals surface area (Å²) in [6.45, 7) is 7.98. The maximum atomic E-state index is 12.6. The molecule has 2 aliphatic heterocycles. The molecule has 5 heteroatoms. The van der Waals surface area contributed by atoms with Gasteiger partial charge in [-0.2, -0.15) is 0 Å². The summed E-state index contributed by atoms with van der Waals surface area (Å²) in [5.41, 5.74) is 2.05. The minimum Gasteiger partial charge on any atom is -0.377 e. The lowest BCUT2D eigenvalue weighted by Crippen LogP contribution is -2.47. The molecule has 0 bridgehead atoms. The molecular formula is C18H22N2O3. The zero-order valence-electron chi connectivity index (χ0n) is 13.5. The normalized spacial score (nSPS) is 20.8. The molecule has 1 aromatic carbocycles. The van der Waals surface area contributed by atoms with Gasteiger partial charge in [-0.1, -0.05) is 24.8 Å². The van der Waals surface area contributed by atoms with E-state index >= 15 is 0 Å². The van der Waals surface area contributed by atoms with Gasteiger partial charge in [0.25, 0.3) is 5.91 Å². The Kier molecular flexibility index (Phi) is 4.48. The van der Waals surface area contributed by atoms with Crippen LogP contribution in [-0.2, 0) is 9.53 Å². The molecule has 1 aromatic rings. The van der Waals surface area contributed by atoms with Crippen LogP contribution in [0.5, 0.6) is 0 Å². The van der Waals surface area contributed by atoms with Gasteiger partial charge in [0.2, 0.25) is 5.91 Å². The molecule has 122 valence electrons. The third kappa shape index (κ3) is 3.01. The van der Waals surface area contributed by atoms with Crippen molar-refractivity contribution in [1.82, 2.24) is 9.80 Å². The van der Waals surface area contributed by atoms with Crippen LogP contribution in [0.15, 0.2) is 30.8 Å². The molecule has 0 N–H and O–H groups in total. The molecule has 0 aliphatic carbocycles. The van der Waals surface area contributed by atoms with E-state index in [1.165, 1.54) is 4.90 Å². The van der Waals surface area contributed by atoms with Crippen molar-refractivity contribution in [3.8, 4) is 0 Å². The third-order valence-electron chi connectivity index (χ3n) is 4.47. The molecular weight excluding hydrogens is 292 g/mol. The van der Waals surface area contributed by atoms with Gasteiger partial charge in [-0.15, -0.1) is 0 Å². The average molecular weight is 314 g/mol. The Balaban J connectivity index is 1.67. The third-order valence-corrected chi connectivity index (χ3v) is 4.47. The van der Waals surface area contributed by atoms with E-state index in [1.54, 1.807) is 11.0 Å². The molecule has 1 fully saturated rings. The first-order chi connectivity index (χ1) is 11.1. The van der Waals surface area contributed by atoms with Crippen molar-refractivity contribution in [2.45, 2.75) is 25.9 Å². The van der Waals surface area contributed by atoms with Crippen LogP contribution in [0.1, 0.15) is 35.7 Å². The monoisotopic (exact) mass is 314 g/mol. The summed E-state index contributed by atoms with van der Waals surface area (Å²) in [6.07, 6.45) is 2.02. The molecule has 1 unspecified atom stereocenters. The number of hydrogen-bond donors (Lipinski definition) is 0. The van der Waals surface area contributed by atoms with Gasteiger partial charge < -0.3 is 9.64 Å². The number of likely N-dealkylation sites (tertiary alicyclic amines) is 1. The van der Waals surface area contributed by atoms with Crippen molar-refractivity contribution in [2.75, 3.05) is 26.2 Å². The summed E-state index contributed by atoms with van der Waals surface area (Å²) in [4.78, 5) is 28.3. The fraction of sp³-hybridized carbons (Fsp3) is 0.444. The van der Waals surface area contributed by atoms with Crippen LogP contribution in [0.2, 0.25) is 0 Å². The van der Waals surface area contributed by atoms with Crippen LogP contribution in [0, 0.1) is 0 Å². The zero-order valence-corrected chi connectivity index (χ0v) is 13.5. The van der Waals surface area contributed by atoms with Crippen molar-refractivity contribution >= 4 is 17.5 Å². The number of amides is 2. The van der Waals surface area contributed by atoms with Crippen LogP contribution < -0.4 is 0 Å². The molecule has 0 spiro atoms. The van der Waals surface area contributed by atoms with Crippen molar-refractivity contribution in [3.05, 3.63) is 42.0 Å². The van der Waals surface area contributed by atoms with Crippen LogP contribution in [0.25, 0.3) is 5.70 Å². The van der Waals surface area contributed by atoms with Gasteiger partial charge in [0, 0.05) is 36.5 Å². The Labute approximate surface area is 136 Å². The Morgan fingerprint density at radius 3 is 2.78 bits per heavy atom. The van der Waals surface area contributed by atoms with Crippen LogP contribution >= 0.6 is 0 Å². The molecule has 3 rings (SSSR count). The van der Waals surface area contributed by atoms with E-state index in [2.05, 4.69) is 6.58 Å². The predicted octanol–water partition coefficient (Wildman–Crippen LogP) is 2.14. The first-order valence-electron chi connectivity index (χ1n) is 8.11. The molecule has 0 aromatic heterocycles. The van der Waals surface area contributed by atoms with E-state index in [4.69, 9.17) is 4.74 Å². The number of benzene rings is 1. The highest BCUT2D eigenvalue weighted by Gasteiger charge is 2.33. The van der Waals surface area contributed by atoms with Crippen LogP contribution in [-0.4, -0.2) is 54.0 Å². The zero-order chi connectivity index (χ0) is 16.4. The number of hydrogen-bond acceptors (Lipinski definition) is 3. The minimum atomic E-state index is -0.141. The lowest BCUT2D eigenvalue weighted by Gasteiger charge is -2.33. The van der Waals surface area contributed by atoms with Crippen LogP contribution in [0.4, 0.5) is 0 Å². The second-order valence-corrected chi connectivity index (χ2v) is 5.94. The first-order valence-corrected chi connectivity index (χ1v) is 8.11. The number of nitrogens with zero attached hydrogens (tertiary/aromatic N) is 2. The Morgan fingerprint density at radius 2 is 2.09 bits per heavy atom. The summed E-state index contributed by atoms with van der Waals surface area (Å²) in [7, 11) is 0. The van der Waals surface area contributed by atoms with Gasteiger partial charge in [-0.3, -0.25) is 14.5 Å². The molecule has 2 aliphatic rings. The number of carbonyl (C=O) groups excluding carboxylic acids is 2. The SMILES string of the molecule is C=C1c2ccccc2C(=O)N1CC(=O)N1CCCC(OCC)C1. The summed E-state index contributed by atoms with van der Waals surface area (Å²) < 4.78 is 5.63. The fourth-order valence-corrected chi connectivity index (χ4v) is 3.27. The second-order valence-electron chi connectivity index (χ2n) is 5.94. The predicted molar refractivity (Wildman–Crippen MR) is 87.7 cm³/mol. The van der Waals surface area contributed by atoms with Crippen LogP contribution in [0.3, 0.4) is 0 Å². The molecule has 23 heavy (non-hydrogen) atoms. The van der Waals surface area contributed by atoms with Gasteiger partial charge in [0.15, 0.2) is 0 Å². The standard InChI is InChI=1S/C18H22N2O3/c1-3-23-14-7-6-10-19(11-14)17(21)12-20-13(2)15-8-4-5-9-16(15)18(20)22/h4-5,8-9,14H,2-3,6-7,10-12H2,1H3. The van der Waals surface area contributed by atoms with E-state index < -0.39 is 0 Å². The van der Waals surface area contributed by atoms with Gasteiger partial charge >= 0.3 is 0 Å². The number of ether oxygens (including phenoxy) is 1. The van der Waals surface area contributed by atoms with Crippen molar-refractivity contribution in [1.29, 1.82) is 0 Å². The van der Waals surface area contributed by atoms with E-state index in [0.717, 1.165) is 24.9 Å². The maximum absolute atomic E-state index is 12.6. The summed E-state index contributed by atoms with van der Waals surface area (Å²) in [5.74, 6) is -0.186. The summed E-state index contributed by atoms with van der Waals surface area (Å²) in [5, 5.41) is 0. The maximum Gasteiger partial charge on any atom is 0.259 e. The van der Waals surface area contributed by atoms with Gasteiger partial charge in [0.05, 0.1) is 6.10 Å². The van der Waals surface area contributed by atoms with E-state index in [9.17, 15) is 9.59 Å². The average Bonchev–Trinajstić information content (AvgIpc) is 2.81.